The van der Waals surface area contributed by atoms with Crippen LogP contribution in [-0.4, -0.2) is 43.3 Å². The Morgan fingerprint density at radius 3 is 2.47 bits per heavy atom. The van der Waals surface area contributed by atoms with E-state index in [-0.39, 0.29) is 12.1 Å². The number of ether oxygens (including phenoxy) is 1. The fourth-order valence-electron chi connectivity index (χ4n) is 2.20. The molecule has 2 fully saturated rings. The van der Waals surface area contributed by atoms with Gasteiger partial charge in [0.2, 0.25) is 0 Å². The highest BCUT2D eigenvalue weighted by Gasteiger charge is 2.22. The lowest BCUT2D eigenvalue weighted by molar-refractivity contribution is 0.0518. The lowest BCUT2D eigenvalue weighted by atomic mass is 9.96. The van der Waals surface area contributed by atoms with Crippen LogP contribution in [0.25, 0.3) is 0 Å². The molecule has 1 saturated heterocycles. The van der Waals surface area contributed by atoms with Crippen molar-refractivity contribution in [1.29, 1.82) is 0 Å². The standard InChI is InChI=1S/C11H19N2O2/c14-11(13-6-8-15-9-7-13)12-10-4-2-1-3-5-10/h10H,1-9H2. The van der Waals surface area contributed by atoms with E-state index in [2.05, 4.69) is 5.32 Å². The Balaban J connectivity index is 1.74. The third-order valence-corrected chi connectivity index (χ3v) is 3.15. The van der Waals surface area contributed by atoms with Gasteiger partial charge >= 0.3 is 6.03 Å². The Kier molecular flexibility index (Phi) is 3.83. The van der Waals surface area contributed by atoms with E-state index >= 15 is 0 Å². The van der Waals surface area contributed by atoms with Crippen LogP contribution in [0.1, 0.15) is 32.1 Å². The van der Waals surface area contributed by atoms with E-state index in [4.69, 9.17) is 4.74 Å². The largest absolute Gasteiger partial charge is 0.378 e. The summed E-state index contributed by atoms with van der Waals surface area (Å²) in [4.78, 5) is 13.6. The highest BCUT2D eigenvalue weighted by atomic mass is 16.5. The Hall–Kier alpha value is -0.770. The van der Waals surface area contributed by atoms with Crippen LogP contribution in [0.3, 0.4) is 0 Å². The second-order valence-electron chi connectivity index (χ2n) is 4.30. The third-order valence-electron chi connectivity index (χ3n) is 3.15. The van der Waals surface area contributed by atoms with Gasteiger partial charge < -0.3 is 9.64 Å². The minimum Gasteiger partial charge on any atom is -0.378 e. The molecule has 2 rings (SSSR count). The molecule has 0 atom stereocenters. The van der Waals surface area contributed by atoms with E-state index in [0.29, 0.717) is 26.3 Å². The first-order valence-electron chi connectivity index (χ1n) is 5.94. The molecule has 1 saturated carbocycles. The molecule has 0 aromatic heterocycles. The molecule has 0 spiro atoms. The molecule has 15 heavy (non-hydrogen) atoms. The summed E-state index contributed by atoms with van der Waals surface area (Å²) in [5, 5.41) is 4.29. The Morgan fingerprint density at radius 1 is 1.13 bits per heavy atom. The van der Waals surface area contributed by atoms with Crippen LogP contribution in [0.2, 0.25) is 0 Å². The lowest BCUT2D eigenvalue weighted by Crippen LogP contribution is -2.46. The monoisotopic (exact) mass is 211 g/mol. The summed E-state index contributed by atoms with van der Waals surface area (Å²) in [5.74, 6) is 0. The zero-order valence-corrected chi connectivity index (χ0v) is 9.15. The predicted octanol–water partition coefficient (Wildman–Crippen LogP) is 1.38. The summed E-state index contributed by atoms with van der Waals surface area (Å²) < 4.78 is 5.20. The number of amides is 2. The van der Waals surface area contributed by atoms with E-state index in [1.807, 2.05) is 0 Å². The van der Waals surface area contributed by atoms with Crippen molar-refractivity contribution in [2.24, 2.45) is 0 Å². The number of carbonyl (C=O) groups is 1. The van der Waals surface area contributed by atoms with Crippen molar-refractivity contribution in [3.63, 3.8) is 0 Å². The number of hydrogen-bond acceptors (Lipinski definition) is 2. The van der Waals surface area contributed by atoms with Crippen molar-refractivity contribution in [3.05, 3.63) is 0 Å². The summed E-state index contributed by atoms with van der Waals surface area (Å²) in [6, 6.07) is 0.263. The van der Waals surface area contributed by atoms with E-state index < -0.39 is 0 Å². The number of carbonyl (C=O) groups excluding carboxylic acids is 1. The van der Waals surface area contributed by atoms with Crippen molar-refractivity contribution in [2.75, 3.05) is 26.3 Å². The van der Waals surface area contributed by atoms with E-state index in [1.165, 1.54) is 19.3 Å². The fourth-order valence-corrected chi connectivity index (χ4v) is 2.20. The summed E-state index contributed by atoms with van der Waals surface area (Å²) in [5.41, 5.74) is 0. The van der Waals surface area contributed by atoms with Gasteiger partial charge in [0.15, 0.2) is 0 Å². The molecule has 1 heterocycles. The Bertz CT molecular complexity index is 209. The smallest absolute Gasteiger partial charge is 0.339 e. The molecule has 1 aliphatic heterocycles. The summed E-state index contributed by atoms with van der Waals surface area (Å²) in [7, 11) is 0. The molecule has 2 amide bonds. The van der Waals surface area contributed by atoms with Gasteiger partial charge in [0.25, 0.3) is 0 Å². The molecule has 0 bridgehead atoms. The molecular formula is C11H19N2O2. The maximum atomic E-state index is 11.8. The van der Waals surface area contributed by atoms with Gasteiger partial charge in [-0.25, -0.2) is 10.1 Å². The van der Waals surface area contributed by atoms with Crippen molar-refractivity contribution < 1.29 is 9.53 Å². The first kappa shape index (κ1) is 10.7. The van der Waals surface area contributed by atoms with Gasteiger partial charge in [0, 0.05) is 13.1 Å². The molecule has 0 aromatic rings. The van der Waals surface area contributed by atoms with E-state index in [0.717, 1.165) is 12.8 Å². The van der Waals surface area contributed by atoms with Crippen LogP contribution in [0, 0.1) is 0 Å². The number of rotatable bonds is 1. The maximum Gasteiger partial charge on any atom is 0.339 e. The quantitative estimate of drug-likeness (QED) is 0.657. The highest BCUT2D eigenvalue weighted by Crippen LogP contribution is 2.18. The number of urea groups is 1. The van der Waals surface area contributed by atoms with Crippen LogP contribution in [0.4, 0.5) is 4.79 Å². The van der Waals surface area contributed by atoms with Crippen LogP contribution >= 0.6 is 0 Å². The molecular weight excluding hydrogens is 192 g/mol. The van der Waals surface area contributed by atoms with Gasteiger partial charge in [0.05, 0.1) is 19.3 Å². The molecule has 1 radical (unpaired) electrons. The van der Waals surface area contributed by atoms with Gasteiger partial charge in [-0.05, 0) is 12.8 Å². The molecule has 4 heteroatoms. The molecule has 4 nitrogen and oxygen atoms in total. The average Bonchev–Trinajstić information content (AvgIpc) is 2.31. The maximum absolute atomic E-state index is 11.8. The van der Waals surface area contributed by atoms with Crippen molar-refractivity contribution in [1.82, 2.24) is 10.2 Å². The van der Waals surface area contributed by atoms with E-state index in [9.17, 15) is 4.79 Å². The molecule has 2 aliphatic rings. The fraction of sp³-hybridized carbons (Fsp3) is 0.909. The summed E-state index contributed by atoms with van der Waals surface area (Å²) in [6.45, 7) is 2.72. The minimum absolute atomic E-state index is 0.0230. The summed E-state index contributed by atoms with van der Waals surface area (Å²) in [6.07, 6.45) is 5.94. The minimum atomic E-state index is -0.0230. The molecule has 0 unspecified atom stereocenters. The highest BCUT2D eigenvalue weighted by molar-refractivity contribution is 5.74. The van der Waals surface area contributed by atoms with Gasteiger partial charge in [-0.2, -0.15) is 0 Å². The zero-order chi connectivity index (χ0) is 10.5. The SMILES string of the molecule is O=C([N]C1CCCCC1)N1CCOCC1. The first-order valence-corrected chi connectivity index (χ1v) is 5.94. The number of nitrogens with zero attached hydrogens (tertiary/aromatic N) is 2. The van der Waals surface area contributed by atoms with Gasteiger partial charge in [-0.15, -0.1) is 0 Å². The third kappa shape index (κ3) is 3.09. The van der Waals surface area contributed by atoms with Crippen molar-refractivity contribution >= 4 is 6.03 Å². The van der Waals surface area contributed by atoms with E-state index in [1.54, 1.807) is 4.90 Å². The Labute approximate surface area is 91.0 Å². The molecule has 85 valence electrons. The Morgan fingerprint density at radius 2 is 1.80 bits per heavy atom. The first-order chi connectivity index (χ1) is 7.36. The van der Waals surface area contributed by atoms with Crippen molar-refractivity contribution in [2.45, 2.75) is 38.1 Å². The predicted molar refractivity (Wildman–Crippen MR) is 56.8 cm³/mol. The second kappa shape index (κ2) is 5.35. The average molecular weight is 211 g/mol. The second-order valence-corrected chi connectivity index (χ2v) is 4.30. The van der Waals surface area contributed by atoms with Gasteiger partial charge in [0.1, 0.15) is 0 Å². The topological polar surface area (TPSA) is 43.6 Å². The summed E-state index contributed by atoms with van der Waals surface area (Å²) >= 11 is 0. The van der Waals surface area contributed by atoms with Crippen LogP contribution in [-0.2, 0) is 4.74 Å². The zero-order valence-electron chi connectivity index (χ0n) is 9.15. The molecule has 0 aromatic carbocycles. The van der Waals surface area contributed by atoms with Crippen LogP contribution < -0.4 is 5.32 Å². The van der Waals surface area contributed by atoms with Gasteiger partial charge in [-0.3, -0.25) is 0 Å². The van der Waals surface area contributed by atoms with Crippen LogP contribution in [0.5, 0.6) is 0 Å². The normalized spacial score (nSPS) is 23.9. The van der Waals surface area contributed by atoms with Gasteiger partial charge in [-0.1, -0.05) is 19.3 Å². The molecule has 1 aliphatic carbocycles. The lowest BCUT2D eigenvalue weighted by Gasteiger charge is -2.29. The number of hydrogen-bond donors (Lipinski definition) is 0. The number of morpholine rings is 1. The molecule has 0 N–H and O–H groups in total. The van der Waals surface area contributed by atoms with Crippen LogP contribution in [0.15, 0.2) is 0 Å². The van der Waals surface area contributed by atoms with Crippen molar-refractivity contribution in [3.8, 4) is 0 Å².